The van der Waals surface area contributed by atoms with Crippen molar-refractivity contribution in [1.29, 1.82) is 0 Å². The molecule has 2 aromatic carbocycles. The molecule has 1 amide bonds. The van der Waals surface area contributed by atoms with Gasteiger partial charge in [0.2, 0.25) is 0 Å². The first kappa shape index (κ1) is 17.8. The van der Waals surface area contributed by atoms with Crippen LogP contribution in [-0.2, 0) is 11.0 Å². The Morgan fingerprint density at radius 1 is 1.12 bits per heavy atom. The summed E-state index contributed by atoms with van der Waals surface area (Å²) >= 11 is 0. The molecule has 0 saturated heterocycles. The summed E-state index contributed by atoms with van der Waals surface area (Å²) in [6.07, 6.45) is -5.56. The second kappa shape index (κ2) is 7.33. The highest BCUT2D eigenvalue weighted by atomic mass is 19.4. The molecule has 0 radical (unpaired) electrons. The molecule has 0 aromatic heterocycles. The number of para-hydroxylation sites is 2. The Kier molecular flexibility index (Phi) is 5.43. The van der Waals surface area contributed by atoms with Crippen molar-refractivity contribution in [3.63, 3.8) is 0 Å². The molecule has 1 N–H and O–H groups in total. The zero-order valence-corrected chi connectivity index (χ0v) is 12.7. The van der Waals surface area contributed by atoms with Crippen molar-refractivity contribution in [2.45, 2.75) is 25.6 Å². The minimum Gasteiger partial charge on any atom is -0.478 e. The monoisotopic (exact) mass is 341 g/mol. The van der Waals surface area contributed by atoms with Crippen LogP contribution in [0.25, 0.3) is 0 Å². The number of benzene rings is 2. The van der Waals surface area contributed by atoms with Gasteiger partial charge in [-0.05, 0) is 30.7 Å². The third-order valence-electron chi connectivity index (χ3n) is 3.26. The molecule has 24 heavy (non-hydrogen) atoms. The molecular weight excluding hydrogens is 326 g/mol. The number of nitrogens with one attached hydrogen (secondary N) is 1. The quantitative estimate of drug-likeness (QED) is 0.805. The van der Waals surface area contributed by atoms with Gasteiger partial charge in [0.05, 0.1) is 11.3 Å². The van der Waals surface area contributed by atoms with E-state index in [1.807, 2.05) is 0 Å². The van der Waals surface area contributed by atoms with Gasteiger partial charge in [-0.2, -0.15) is 13.2 Å². The lowest BCUT2D eigenvalue weighted by Crippen LogP contribution is -2.33. The van der Waals surface area contributed by atoms with E-state index in [1.54, 1.807) is 6.92 Å². The van der Waals surface area contributed by atoms with Crippen LogP contribution < -0.4 is 10.1 Å². The zero-order valence-electron chi connectivity index (χ0n) is 12.7. The predicted molar refractivity (Wildman–Crippen MR) is 81.2 cm³/mol. The molecule has 2 aromatic rings. The van der Waals surface area contributed by atoms with E-state index < -0.39 is 29.6 Å². The highest BCUT2D eigenvalue weighted by Gasteiger charge is 2.34. The maximum atomic E-state index is 13.6. The van der Waals surface area contributed by atoms with Crippen molar-refractivity contribution >= 4 is 11.6 Å². The van der Waals surface area contributed by atoms with Gasteiger partial charge in [-0.25, -0.2) is 4.39 Å². The molecule has 0 bridgehead atoms. The van der Waals surface area contributed by atoms with E-state index in [0.29, 0.717) is 0 Å². The Hall–Kier alpha value is -2.57. The van der Waals surface area contributed by atoms with Gasteiger partial charge in [-0.3, -0.25) is 4.79 Å². The van der Waals surface area contributed by atoms with Crippen LogP contribution in [0.2, 0.25) is 0 Å². The average molecular weight is 341 g/mol. The fourth-order valence-electron chi connectivity index (χ4n) is 2.07. The summed E-state index contributed by atoms with van der Waals surface area (Å²) in [5.74, 6) is -1.57. The summed E-state index contributed by atoms with van der Waals surface area (Å²) in [4.78, 5) is 12.2. The van der Waals surface area contributed by atoms with Crippen molar-refractivity contribution in [2.75, 3.05) is 5.32 Å². The number of hydrogen-bond donors (Lipinski definition) is 1. The van der Waals surface area contributed by atoms with Crippen LogP contribution in [0.3, 0.4) is 0 Å². The van der Waals surface area contributed by atoms with Gasteiger partial charge in [0.1, 0.15) is 0 Å². The number of amides is 1. The highest BCUT2D eigenvalue weighted by Crippen LogP contribution is 2.34. The Morgan fingerprint density at radius 2 is 1.75 bits per heavy atom. The first-order chi connectivity index (χ1) is 11.3. The largest absolute Gasteiger partial charge is 0.478 e. The number of ether oxygens (including phenoxy) is 1. The van der Waals surface area contributed by atoms with Crippen molar-refractivity contribution in [1.82, 2.24) is 0 Å². The van der Waals surface area contributed by atoms with Crippen LogP contribution in [0.4, 0.5) is 23.2 Å². The SMILES string of the molecule is CC[C@H](Oc1ccccc1F)C(=O)Nc1ccccc1C(F)(F)F. The van der Waals surface area contributed by atoms with Gasteiger partial charge in [-0.1, -0.05) is 31.2 Å². The van der Waals surface area contributed by atoms with E-state index in [4.69, 9.17) is 4.74 Å². The van der Waals surface area contributed by atoms with Gasteiger partial charge in [0.15, 0.2) is 17.7 Å². The van der Waals surface area contributed by atoms with Gasteiger partial charge in [0, 0.05) is 0 Å². The number of hydrogen-bond acceptors (Lipinski definition) is 2. The number of alkyl halides is 3. The molecule has 0 unspecified atom stereocenters. The van der Waals surface area contributed by atoms with Gasteiger partial charge in [-0.15, -0.1) is 0 Å². The van der Waals surface area contributed by atoms with Gasteiger partial charge in [0.25, 0.3) is 5.91 Å². The molecule has 0 fully saturated rings. The second-order valence-corrected chi connectivity index (χ2v) is 4.98. The normalized spacial score (nSPS) is 12.5. The minimum atomic E-state index is -4.60. The van der Waals surface area contributed by atoms with Crippen molar-refractivity contribution in [2.24, 2.45) is 0 Å². The van der Waals surface area contributed by atoms with E-state index >= 15 is 0 Å². The van der Waals surface area contributed by atoms with E-state index in [2.05, 4.69) is 5.32 Å². The summed E-state index contributed by atoms with van der Waals surface area (Å²) < 4.78 is 57.7. The molecule has 128 valence electrons. The molecule has 0 aliphatic heterocycles. The molecule has 2 rings (SSSR count). The molecule has 7 heteroatoms. The summed E-state index contributed by atoms with van der Waals surface area (Å²) in [5.41, 5.74) is -1.33. The van der Waals surface area contributed by atoms with Gasteiger partial charge >= 0.3 is 6.18 Å². The lowest BCUT2D eigenvalue weighted by Gasteiger charge is -2.19. The number of rotatable bonds is 5. The maximum absolute atomic E-state index is 13.6. The fraction of sp³-hybridized carbons (Fsp3) is 0.235. The minimum absolute atomic E-state index is 0.136. The Bertz CT molecular complexity index is 716. The number of carbonyl (C=O) groups excluding carboxylic acids is 1. The molecular formula is C17H15F4NO2. The Balaban J connectivity index is 2.18. The molecule has 0 saturated carbocycles. The second-order valence-electron chi connectivity index (χ2n) is 4.98. The van der Waals surface area contributed by atoms with Gasteiger partial charge < -0.3 is 10.1 Å². The molecule has 0 aliphatic rings. The average Bonchev–Trinajstić information content (AvgIpc) is 2.53. The summed E-state index contributed by atoms with van der Waals surface area (Å²) in [5, 5.41) is 2.20. The molecule has 0 aliphatic carbocycles. The fourth-order valence-corrected chi connectivity index (χ4v) is 2.07. The van der Waals surface area contributed by atoms with Crippen molar-refractivity contribution in [3.8, 4) is 5.75 Å². The maximum Gasteiger partial charge on any atom is 0.418 e. The van der Waals surface area contributed by atoms with Crippen LogP contribution in [0, 0.1) is 5.82 Å². The van der Waals surface area contributed by atoms with Crippen LogP contribution in [0.15, 0.2) is 48.5 Å². The van der Waals surface area contributed by atoms with E-state index in [-0.39, 0.29) is 17.9 Å². The summed E-state index contributed by atoms with van der Waals surface area (Å²) in [7, 11) is 0. The predicted octanol–water partition coefficient (Wildman–Crippen LogP) is 4.64. The third-order valence-corrected chi connectivity index (χ3v) is 3.26. The smallest absolute Gasteiger partial charge is 0.418 e. The first-order valence-corrected chi connectivity index (χ1v) is 7.21. The van der Waals surface area contributed by atoms with Crippen LogP contribution in [-0.4, -0.2) is 12.0 Å². The zero-order chi connectivity index (χ0) is 17.7. The van der Waals surface area contributed by atoms with Crippen LogP contribution in [0.1, 0.15) is 18.9 Å². The summed E-state index contributed by atoms with van der Waals surface area (Å²) in [6, 6.07) is 10.1. The third kappa shape index (κ3) is 4.24. The van der Waals surface area contributed by atoms with Crippen LogP contribution >= 0.6 is 0 Å². The molecule has 1 atom stereocenters. The van der Waals surface area contributed by atoms with Crippen molar-refractivity contribution in [3.05, 3.63) is 59.9 Å². The number of halogens is 4. The van der Waals surface area contributed by atoms with Crippen molar-refractivity contribution < 1.29 is 27.1 Å². The highest BCUT2D eigenvalue weighted by molar-refractivity contribution is 5.95. The lowest BCUT2D eigenvalue weighted by molar-refractivity contribution is -0.137. The molecule has 0 spiro atoms. The Morgan fingerprint density at radius 3 is 2.38 bits per heavy atom. The lowest BCUT2D eigenvalue weighted by atomic mass is 10.1. The van der Waals surface area contributed by atoms with E-state index in [1.165, 1.54) is 36.4 Å². The first-order valence-electron chi connectivity index (χ1n) is 7.21. The molecule has 3 nitrogen and oxygen atoms in total. The topological polar surface area (TPSA) is 38.3 Å². The van der Waals surface area contributed by atoms with Crippen LogP contribution in [0.5, 0.6) is 5.75 Å². The number of anilines is 1. The van der Waals surface area contributed by atoms with E-state index in [9.17, 15) is 22.4 Å². The standard InChI is InChI=1S/C17H15F4NO2/c1-2-14(24-15-10-6-4-8-12(15)18)16(23)22-13-9-5-3-7-11(13)17(19,20)21/h3-10,14H,2H2,1H3,(H,22,23)/t14-/m0/s1. The number of carbonyl (C=O) groups is 1. The molecule has 0 heterocycles. The Labute approximate surface area is 136 Å². The van der Waals surface area contributed by atoms with E-state index in [0.717, 1.165) is 12.1 Å². The summed E-state index contributed by atoms with van der Waals surface area (Å²) in [6.45, 7) is 1.61.